The fourth-order valence-corrected chi connectivity index (χ4v) is 3.98. The first-order valence-electron chi connectivity index (χ1n) is 7.67. The van der Waals surface area contributed by atoms with Crippen LogP contribution in [0.1, 0.15) is 12.8 Å². The van der Waals surface area contributed by atoms with Crippen LogP contribution in [0.5, 0.6) is 5.75 Å². The molecule has 2 aromatic carbocycles. The predicted molar refractivity (Wildman–Crippen MR) is 96.8 cm³/mol. The summed E-state index contributed by atoms with van der Waals surface area (Å²) in [5, 5.41) is 0.311. The van der Waals surface area contributed by atoms with Gasteiger partial charge in [-0.2, -0.15) is 0 Å². The van der Waals surface area contributed by atoms with E-state index in [1.807, 2.05) is 0 Å². The lowest BCUT2D eigenvalue weighted by atomic mass is 10.3. The second-order valence-electron chi connectivity index (χ2n) is 5.60. The van der Waals surface area contributed by atoms with Crippen molar-refractivity contribution >= 4 is 38.9 Å². The maximum atomic E-state index is 12.5. The summed E-state index contributed by atoms with van der Waals surface area (Å²) in [7, 11) is -2.27. The number of rotatable bonds is 5. The van der Waals surface area contributed by atoms with Gasteiger partial charge >= 0.3 is 0 Å². The Morgan fingerprint density at radius 1 is 1.16 bits per heavy atom. The summed E-state index contributed by atoms with van der Waals surface area (Å²) in [6.45, 7) is 0.660. The monoisotopic (exact) mass is 380 g/mol. The molecule has 3 rings (SSSR count). The molecule has 0 radical (unpaired) electrons. The number of hydrogen-bond donors (Lipinski definition) is 1. The number of nitrogens with zero attached hydrogens (tertiary/aromatic N) is 1. The van der Waals surface area contributed by atoms with E-state index in [2.05, 4.69) is 4.72 Å². The molecule has 0 spiro atoms. The van der Waals surface area contributed by atoms with Gasteiger partial charge in [0, 0.05) is 18.7 Å². The topological polar surface area (TPSA) is 75.7 Å². The van der Waals surface area contributed by atoms with Crippen molar-refractivity contribution in [2.45, 2.75) is 17.7 Å². The Morgan fingerprint density at radius 2 is 1.88 bits per heavy atom. The number of hydrogen-bond acceptors (Lipinski definition) is 4. The molecule has 1 saturated heterocycles. The van der Waals surface area contributed by atoms with Crippen molar-refractivity contribution in [2.75, 3.05) is 23.3 Å². The summed E-state index contributed by atoms with van der Waals surface area (Å²) in [5.74, 6) is 0.519. The second-order valence-corrected chi connectivity index (χ2v) is 7.69. The molecular weight excluding hydrogens is 364 g/mol. The van der Waals surface area contributed by atoms with Crippen molar-refractivity contribution in [1.29, 1.82) is 0 Å². The Balaban J connectivity index is 1.80. The van der Waals surface area contributed by atoms with Crippen molar-refractivity contribution in [1.82, 2.24) is 0 Å². The van der Waals surface area contributed by atoms with Gasteiger partial charge in [-0.1, -0.05) is 11.6 Å². The first-order chi connectivity index (χ1) is 11.9. The average molecular weight is 381 g/mol. The van der Waals surface area contributed by atoms with Gasteiger partial charge in [-0.15, -0.1) is 0 Å². The van der Waals surface area contributed by atoms with Crippen molar-refractivity contribution in [2.24, 2.45) is 0 Å². The van der Waals surface area contributed by atoms with Gasteiger partial charge in [0.25, 0.3) is 10.0 Å². The van der Waals surface area contributed by atoms with Crippen LogP contribution in [0.2, 0.25) is 5.02 Å². The van der Waals surface area contributed by atoms with E-state index in [1.165, 1.54) is 25.3 Å². The zero-order valence-electron chi connectivity index (χ0n) is 13.5. The van der Waals surface area contributed by atoms with Crippen LogP contribution >= 0.6 is 11.6 Å². The highest BCUT2D eigenvalue weighted by atomic mass is 35.5. The lowest BCUT2D eigenvalue weighted by Gasteiger charge is -2.16. The molecule has 1 aliphatic rings. The van der Waals surface area contributed by atoms with Crippen LogP contribution in [-0.4, -0.2) is 28.0 Å². The van der Waals surface area contributed by atoms with Crippen molar-refractivity contribution in [3.63, 3.8) is 0 Å². The summed E-state index contributed by atoms with van der Waals surface area (Å²) in [6, 6.07) is 10.9. The number of carbonyl (C=O) groups is 1. The Bertz CT molecular complexity index is 897. The Morgan fingerprint density at radius 3 is 2.44 bits per heavy atom. The molecule has 0 aromatic heterocycles. The molecule has 0 bridgehead atoms. The van der Waals surface area contributed by atoms with Gasteiger partial charge in [-0.3, -0.25) is 9.52 Å². The Labute approximate surface area is 151 Å². The van der Waals surface area contributed by atoms with Gasteiger partial charge in [0.2, 0.25) is 5.91 Å². The van der Waals surface area contributed by atoms with Crippen LogP contribution in [0.3, 0.4) is 0 Å². The predicted octanol–water partition coefficient (Wildman–Crippen LogP) is 3.28. The summed E-state index contributed by atoms with van der Waals surface area (Å²) in [4.78, 5) is 13.5. The number of carbonyl (C=O) groups excluding carboxylic acids is 1. The standard InChI is InChI=1S/C17H17ClN2O4S/c1-24-16-9-4-12(11-15(16)18)19-25(22,23)14-7-5-13(6-8-14)20-10-2-3-17(20)21/h4-9,11,19H,2-3,10H2,1H3. The minimum Gasteiger partial charge on any atom is -0.495 e. The number of benzene rings is 2. The molecule has 132 valence electrons. The number of halogens is 1. The van der Waals surface area contributed by atoms with E-state index in [4.69, 9.17) is 16.3 Å². The minimum atomic E-state index is -3.76. The molecule has 8 heteroatoms. The van der Waals surface area contributed by atoms with Gasteiger partial charge in [0.1, 0.15) is 5.75 Å². The fourth-order valence-electron chi connectivity index (χ4n) is 2.67. The summed E-state index contributed by atoms with van der Waals surface area (Å²) in [5.41, 5.74) is 1.04. The van der Waals surface area contributed by atoms with Crippen molar-refractivity contribution in [3.05, 3.63) is 47.5 Å². The molecule has 1 amide bonds. The van der Waals surface area contributed by atoms with E-state index in [-0.39, 0.29) is 10.8 Å². The smallest absolute Gasteiger partial charge is 0.261 e. The van der Waals surface area contributed by atoms with E-state index in [0.29, 0.717) is 35.1 Å². The van der Waals surface area contributed by atoms with Gasteiger partial charge in [-0.25, -0.2) is 8.42 Å². The quantitative estimate of drug-likeness (QED) is 0.863. The third-order valence-corrected chi connectivity index (χ3v) is 5.63. The lowest BCUT2D eigenvalue weighted by Crippen LogP contribution is -2.23. The van der Waals surface area contributed by atoms with Gasteiger partial charge < -0.3 is 9.64 Å². The maximum Gasteiger partial charge on any atom is 0.261 e. The number of ether oxygens (including phenoxy) is 1. The Kier molecular flexibility index (Phi) is 4.87. The maximum absolute atomic E-state index is 12.5. The highest BCUT2D eigenvalue weighted by Crippen LogP contribution is 2.29. The van der Waals surface area contributed by atoms with Crippen LogP contribution in [0.25, 0.3) is 0 Å². The lowest BCUT2D eigenvalue weighted by molar-refractivity contribution is -0.117. The minimum absolute atomic E-state index is 0.0570. The highest BCUT2D eigenvalue weighted by Gasteiger charge is 2.22. The first-order valence-corrected chi connectivity index (χ1v) is 9.53. The number of anilines is 2. The van der Waals surface area contributed by atoms with E-state index in [9.17, 15) is 13.2 Å². The molecule has 1 heterocycles. The molecule has 0 atom stereocenters. The summed E-state index contributed by atoms with van der Waals surface area (Å²) in [6.07, 6.45) is 1.35. The third kappa shape index (κ3) is 3.72. The van der Waals surface area contributed by atoms with Crippen LogP contribution in [-0.2, 0) is 14.8 Å². The summed E-state index contributed by atoms with van der Waals surface area (Å²) >= 11 is 6.01. The largest absolute Gasteiger partial charge is 0.495 e. The zero-order valence-corrected chi connectivity index (χ0v) is 15.1. The van der Waals surface area contributed by atoms with Crippen LogP contribution in [0.15, 0.2) is 47.4 Å². The molecule has 1 fully saturated rings. The zero-order chi connectivity index (χ0) is 18.0. The molecule has 1 N–H and O–H groups in total. The van der Waals surface area contributed by atoms with Gasteiger partial charge in [0.05, 0.1) is 22.7 Å². The van der Waals surface area contributed by atoms with E-state index in [1.54, 1.807) is 29.2 Å². The average Bonchev–Trinajstić information content (AvgIpc) is 3.01. The van der Waals surface area contributed by atoms with E-state index in [0.717, 1.165) is 6.42 Å². The van der Waals surface area contributed by atoms with E-state index >= 15 is 0 Å². The van der Waals surface area contributed by atoms with Crippen LogP contribution in [0.4, 0.5) is 11.4 Å². The summed E-state index contributed by atoms with van der Waals surface area (Å²) < 4.78 is 32.5. The van der Waals surface area contributed by atoms with Gasteiger partial charge in [-0.05, 0) is 48.9 Å². The number of amides is 1. The SMILES string of the molecule is COc1ccc(NS(=O)(=O)c2ccc(N3CCCC3=O)cc2)cc1Cl. The van der Waals surface area contributed by atoms with Crippen LogP contribution < -0.4 is 14.4 Å². The van der Waals surface area contributed by atoms with E-state index < -0.39 is 10.0 Å². The first kappa shape index (κ1) is 17.6. The molecular formula is C17H17ClN2O4S. The molecule has 0 saturated carbocycles. The molecule has 0 unspecified atom stereocenters. The Hall–Kier alpha value is -2.25. The molecule has 0 aliphatic carbocycles. The fraction of sp³-hybridized carbons (Fsp3) is 0.235. The third-order valence-electron chi connectivity index (χ3n) is 3.94. The van der Waals surface area contributed by atoms with Crippen molar-refractivity contribution in [3.8, 4) is 5.75 Å². The molecule has 25 heavy (non-hydrogen) atoms. The molecule has 6 nitrogen and oxygen atoms in total. The van der Waals surface area contributed by atoms with Crippen molar-refractivity contribution < 1.29 is 17.9 Å². The number of methoxy groups -OCH3 is 1. The number of nitrogens with one attached hydrogen (secondary N) is 1. The second kappa shape index (κ2) is 6.93. The number of sulfonamides is 1. The van der Waals surface area contributed by atoms with Crippen LogP contribution in [0, 0.1) is 0 Å². The molecule has 2 aromatic rings. The normalized spacial score (nSPS) is 14.6. The van der Waals surface area contributed by atoms with Gasteiger partial charge in [0.15, 0.2) is 0 Å². The highest BCUT2D eigenvalue weighted by molar-refractivity contribution is 7.92. The molecule has 1 aliphatic heterocycles.